The number of amides is 1. The number of hydrogen-bond donors (Lipinski definition) is 3. The van der Waals surface area contributed by atoms with Crippen LogP contribution in [0, 0.1) is 0 Å². The molecule has 0 aromatic carbocycles. The van der Waals surface area contributed by atoms with Crippen LogP contribution < -0.4 is 5.32 Å². The van der Waals surface area contributed by atoms with E-state index in [9.17, 15) is 14.7 Å². The summed E-state index contributed by atoms with van der Waals surface area (Å²) in [6.45, 7) is 0. The van der Waals surface area contributed by atoms with Crippen LogP contribution >= 0.6 is 0 Å². The Morgan fingerprint density at radius 2 is 2.16 bits per heavy atom. The molecule has 0 aliphatic heterocycles. The predicted molar refractivity (Wildman–Crippen MR) is 66.9 cm³/mol. The number of rotatable bonds is 3. The van der Waals surface area contributed by atoms with Crippen molar-refractivity contribution in [3.63, 3.8) is 0 Å². The van der Waals surface area contributed by atoms with E-state index in [-0.39, 0.29) is 17.3 Å². The molecule has 1 aromatic heterocycles. The fourth-order valence-corrected chi connectivity index (χ4v) is 2.31. The molecule has 0 bridgehead atoms. The first kappa shape index (κ1) is 13.5. The van der Waals surface area contributed by atoms with Crippen molar-refractivity contribution in [3.05, 3.63) is 29.6 Å². The van der Waals surface area contributed by atoms with E-state index >= 15 is 0 Å². The molecular weight excluding hydrogens is 248 g/mol. The third-order valence-corrected chi connectivity index (χ3v) is 3.23. The molecule has 2 rings (SSSR count). The minimum Gasteiger partial charge on any atom is -0.478 e. The molecule has 1 aliphatic rings. The number of nitrogens with one attached hydrogen (secondary N) is 1. The van der Waals surface area contributed by atoms with Crippen molar-refractivity contribution in [2.75, 3.05) is 0 Å². The number of aliphatic hydroxyl groups is 1. The highest BCUT2D eigenvalue weighted by atomic mass is 16.4. The van der Waals surface area contributed by atoms with Gasteiger partial charge in [0.1, 0.15) is 5.69 Å². The maximum Gasteiger partial charge on any atom is 0.338 e. The highest BCUT2D eigenvalue weighted by molar-refractivity contribution is 6.03. The molecule has 1 amide bonds. The van der Waals surface area contributed by atoms with Crippen molar-refractivity contribution in [3.8, 4) is 0 Å². The van der Waals surface area contributed by atoms with Crippen LogP contribution in [-0.2, 0) is 0 Å². The van der Waals surface area contributed by atoms with Crippen LogP contribution in [0.25, 0.3) is 0 Å². The Balaban J connectivity index is 2.09. The minimum atomic E-state index is -1.18. The molecule has 0 spiro atoms. The molecule has 102 valence electrons. The van der Waals surface area contributed by atoms with E-state index in [1.54, 1.807) is 0 Å². The molecule has 0 saturated heterocycles. The summed E-state index contributed by atoms with van der Waals surface area (Å²) < 4.78 is 0. The lowest BCUT2D eigenvalue weighted by Crippen LogP contribution is -2.40. The number of aliphatic hydroxyl groups excluding tert-OH is 1. The molecule has 2 unspecified atom stereocenters. The van der Waals surface area contributed by atoms with Crippen LogP contribution in [0.4, 0.5) is 0 Å². The summed E-state index contributed by atoms with van der Waals surface area (Å²) in [5, 5.41) is 21.3. The van der Waals surface area contributed by atoms with Gasteiger partial charge in [-0.1, -0.05) is 0 Å². The maximum absolute atomic E-state index is 12.0. The second-order valence-electron chi connectivity index (χ2n) is 4.70. The number of carbonyl (C=O) groups excluding carboxylic acids is 1. The molecule has 1 aliphatic carbocycles. The van der Waals surface area contributed by atoms with Gasteiger partial charge >= 0.3 is 5.97 Å². The third-order valence-electron chi connectivity index (χ3n) is 3.23. The number of pyridine rings is 1. The number of hydrogen-bond acceptors (Lipinski definition) is 4. The zero-order valence-corrected chi connectivity index (χ0v) is 10.4. The van der Waals surface area contributed by atoms with Crippen LogP contribution in [0.2, 0.25) is 0 Å². The zero-order valence-electron chi connectivity index (χ0n) is 10.4. The lowest BCUT2D eigenvalue weighted by molar-refractivity contribution is 0.0686. The minimum absolute atomic E-state index is 0.0879. The molecule has 6 heteroatoms. The fourth-order valence-electron chi connectivity index (χ4n) is 2.31. The quantitative estimate of drug-likeness (QED) is 0.750. The number of carboxylic acids is 1. The highest BCUT2D eigenvalue weighted by Gasteiger charge is 2.24. The Kier molecular flexibility index (Phi) is 4.11. The molecule has 19 heavy (non-hydrogen) atoms. The number of carbonyl (C=O) groups is 2. The van der Waals surface area contributed by atoms with Crippen LogP contribution in [0.3, 0.4) is 0 Å². The van der Waals surface area contributed by atoms with Crippen LogP contribution in [-0.4, -0.2) is 39.2 Å². The topological polar surface area (TPSA) is 99.5 Å². The second kappa shape index (κ2) is 5.79. The number of aromatic nitrogens is 1. The van der Waals surface area contributed by atoms with Gasteiger partial charge in [0, 0.05) is 12.2 Å². The molecule has 6 nitrogen and oxygen atoms in total. The van der Waals surface area contributed by atoms with Crippen molar-refractivity contribution in [2.24, 2.45) is 0 Å². The van der Waals surface area contributed by atoms with Crippen LogP contribution in [0.1, 0.15) is 46.5 Å². The van der Waals surface area contributed by atoms with Gasteiger partial charge in [0.2, 0.25) is 0 Å². The summed E-state index contributed by atoms with van der Waals surface area (Å²) >= 11 is 0. The third kappa shape index (κ3) is 3.29. The van der Waals surface area contributed by atoms with Gasteiger partial charge in [-0.3, -0.25) is 9.78 Å². The van der Waals surface area contributed by atoms with Gasteiger partial charge in [-0.25, -0.2) is 4.79 Å². The van der Waals surface area contributed by atoms with Gasteiger partial charge in [0.25, 0.3) is 5.91 Å². The average molecular weight is 264 g/mol. The molecule has 0 radical (unpaired) electrons. The standard InChI is InChI=1S/C13H16N2O4/c16-9-4-1-3-8(7-9)15-12(17)11-10(13(18)19)5-2-6-14-11/h2,5-6,8-9,16H,1,3-4,7H2,(H,15,17)(H,18,19). The second-order valence-corrected chi connectivity index (χ2v) is 4.70. The van der Waals surface area contributed by atoms with Gasteiger partial charge in [-0.2, -0.15) is 0 Å². The summed E-state index contributed by atoms with van der Waals surface area (Å²) in [7, 11) is 0. The zero-order chi connectivity index (χ0) is 13.8. The van der Waals surface area contributed by atoms with E-state index in [0.29, 0.717) is 6.42 Å². The lowest BCUT2D eigenvalue weighted by atomic mass is 9.93. The molecule has 1 saturated carbocycles. The Morgan fingerprint density at radius 1 is 1.37 bits per heavy atom. The predicted octanol–water partition coefficient (Wildman–Crippen LogP) is 0.813. The first-order chi connectivity index (χ1) is 9.08. The monoisotopic (exact) mass is 264 g/mol. The number of aromatic carboxylic acids is 1. The molecule has 3 N–H and O–H groups in total. The fraction of sp³-hybridized carbons (Fsp3) is 0.462. The first-order valence-corrected chi connectivity index (χ1v) is 6.25. The summed E-state index contributed by atoms with van der Waals surface area (Å²) in [6, 6.07) is 2.70. The number of carboxylic acid groups (broad SMARTS) is 1. The van der Waals surface area contributed by atoms with Gasteiger partial charge in [-0.15, -0.1) is 0 Å². The van der Waals surface area contributed by atoms with Crippen LogP contribution in [0.5, 0.6) is 0 Å². The van der Waals surface area contributed by atoms with Crippen LogP contribution in [0.15, 0.2) is 18.3 Å². The molecule has 1 heterocycles. The van der Waals surface area contributed by atoms with Crippen molar-refractivity contribution in [2.45, 2.75) is 37.8 Å². The van der Waals surface area contributed by atoms with Crippen molar-refractivity contribution < 1.29 is 19.8 Å². The van der Waals surface area contributed by atoms with Gasteiger partial charge in [0.15, 0.2) is 0 Å². The van der Waals surface area contributed by atoms with E-state index in [4.69, 9.17) is 5.11 Å². The molecule has 1 aromatic rings. The number of nitrogens with zero attached hydrogens (tertiary/aromatic N) is 1. The van der Waals surface area contributed by atoms with Crippen molar-refractivity contribution in [1.29, 1.82) is 0 Å². The summed E-state index contributed by atoms with van der Waals surface area (Å²) in [6.07, 6.45) is 3.87. The van der Waals surface area contributed by atoms with Gasteiger partial charge < -0.3 is 15.5 Å². The normalized spacial score (nSPS) is 22.8. The van der Waals surface area contributed by atoms with Gasteiger partial charge in [-0.05, 0) is 37.8 Å². The Hall–Kier alpha value is -1.95. The maximum atomic E-state index is 12.0. The molecule has 2 atom stereocenters. The summed E-state index contributed by atoms with van der Waals surface area (Å²) in [4.78, 5) is 26.9. The first-order valence-electron chi connectivity index (χ1n) is 6.25. The summed E-state index contributed by atoms with van der Waals surface area (Å²) in [5.41, 5.74) is -0.202. The summed E-state index contributed by atoms with van der Waals surface area (Å²) in [5.74, 6) is -1.68. The largest absolute Gasteiger partial charge is 0.478 e. The van der Waals surface area contributed by atoms with Crippen molar-refractivity contribution >= 4 is 11.9 Å². The van der Waals surface area contributed by atoms with E-state index < -0.39 is 18.0 Å². The Labute approximate surface area is 110 Å². The molecular formula is C13H16N2O4. The Morgan fingerprint density at radius 3 is 2.84 bits per heavy atom. The SMILES string of the molecule is O=C(O)c1cccnc1C(=O)NC1CCCC(O)C1. The lowest BCUT2D eigenvalue weighted by Gasteiger charge is -2.26. The van der Waals surface area contributed by atoms with E-state index in [1.807, 2.05) is 0 Å². The molecule has 1 fully saturated rings. The van der Waals surface area contributed by atoms with E-state index in [0.717, 1.165) is 19.3 Å². The van der Waals surface area contributed by atoms with E-state index in [1.165, 1.54) is 18.3 Å². The van der Waals surface area contributed by atoms with Crippen molar-refractivity contribution in [1.82, 2.24) is 10.3 Å². The van der Waals surface area contributed by atoms with Gasteiger partial charge in [0.05, 0.1) is 11.7 Å². The average Bonchev–Trinajstić information content (AvgIpc) is 2.38. The van der Waals surface area contributed by atoms with E-state index in [2.05, 4.69) is 10.3 Å². The smallest absolute Gasteiger partial charge is 0.338 e. The highest BCUT2D eigenvalue weighted by Crippen LogP contribution is 2.18. The Bertz CT molecular complexity index is 489.